The maximum atomic E-state index is 12.0. The number of hydrogen-bond donors (Lipinski definition) is 1. The van der Waals surface area contributed by atoms with Crippen LogP contribution in [0, 0.1) is 5.92 Å². The zero-order chi connectivity index (χ0) is 12.8. The molecule has 1 heterocycles. The van der Waals surface area contributed by atoms with E-state index in [9.17, 15) is 4.79 Å². The zero-order valence-corrected chi connectivity index (χ0v) is 11.4. The molecule has 0 aromatic heterocycles. The molecule has 3 heteroatoms. The first-order chi connectivity index (χ1) is 8.79. The van der Waals surface area contributed by atoms with Gasteiger partial charge in [0, 0.05) is 12.0 Å². The summed E-state index contributed by atoms with van der Waals surface area (Å²) in [6, 6.07) is 0.489. The molecule has 2 fully saturated rings. The van der Waals surface area contributed by atoms with E-state index >= 15 is 0 Å². The minimum absolute atomic E-state index is 0.265. The fourth-order valence-corrected chi connectivity index (χ4v) is 2.75. The number of nitrogens with one attached hydrogen (secondary N) is 1. The highest BCUT2D eigenvalue weighted by molar-refractivity contribution is 5.79. The number of carbonyl (C=O) groups excluding carboxylic acids is 1. The summed E-state index contributed by atoms with van der Waals surface area (Å²) in [5, 5.41) is 3.18. The van der Waals surface area contributed by atoms with Gasteiger partial charge in [-0.2, -0.15) is 0 Å². The molecular weight excluding hydrogens is 224 g/mol. The van der Waals surface area contributed by atoms with Gasteiger partial charge in [-0.05, 0) is 64.6 Å². The first-order valence-corrected chi connectivity index (χ1v) is 7.43. The monoisotopic (exact) mass is 250 g/mol. The molecule has 1 saturated carbocycles. The Balaban J connectivity index is 1.62. The second-order valence-corrected chi connectivity index (χ2v) is 5.68. The van der Waals surface area contributed by atoms with Gasteiger partial charge in [0.1, 0.15) is 0 Å². The number of allylic oxidation sites excluding steroid dienone is 1. The van der Waals surface area contributed by atoms with E-state index in [2.05, 4.69) is 16.8 Å². The average molecular weight is 250 g/mol. The second kappa shape index (κ2) is 6.93. The van der Waals surface area contributed by atoms with Crippen molar-refractivity contribution in [3.8, 4) is 0 Å². The number of unbranched alkanes of at least 4 members (excludes halogenated alkanes) is 1. The van der Waals surface area contributed by atoms with E-state index in [1.807, 2.05) is 6.08 Å². The lowest BCUT2D eigenvalue weighted by Crippen LogP contribution is -2.46. The summed E-state index contributed by atoms with van der Waals surface area (Å²) >= 11 is 0. The van der Waals surface area contributed by atoms with Crippen molar-refractivity contribution in [3.05, 3.63) is 12.7 Å². The van der Waals surface area contributed by atoms with Gasteiger partial charge in [-0.25, -0.2) is 0 Å². The van der Waals surface area contributed by atoms with E-state index in [0.717, 1.165) is 38.9 Å². The van der Waals surface area contributed by atoms with Crippen LogP contribution in [-0.2, 0) is 4.79 Å². The van der Waals surface area contributed by atoms with Gasteiger partial charge >= 0.3 is 0 Å². The van der Waals surface area contributed by atoms with E-state index in [1.54, 1.807) is 0 Å². The van der Waals surface area contributed by atoms with Crippen LogP contribution in [0.2, 0.25) is 0 Å². The van der Waals surface area contributed by atoms with Gasteiger partial charge in [-0.3, -0.25) is 4.79 Å². The van der Waals surface area contributed by atoms with E-state index in [1.165, 1.54) is 25.7 Å². The topological polar surface area (TPSA) is 32.3 Å². The van der Waals surface area contributed by atoms with Crippen molar-refractivity contribution in [3.63, 3.8) is 0 Å². The third-order valence-corrected chi connectivity index (χ3v) is 4.29. The first kappa shape index (κ1) is 13.6. The number of piperidine rings is 1. The Morgan fingerprint density at radius 3 is 2.56 bits per heavy atom. The van der Waals surface area contributed by atoms with Gasteiger partial charge in [-0.15, -0.1) is 6.58 Å². The standard InChI is InChI=1S/C15H26N2O/c1-2-3-4-10-17-11-8-13(9-12-17)15(18)16-14-6-5-7-14/h2,13-14H,1,3-12H2,(H,16,18). The number of nitrogens with zero attached hydrogens (tertiary/aromatic N) is 1. The van der Waals surface area contributed by atoms with Crippen molar-refractivity contribution in [2.75, 3.05) is 19.6 Å². The molecule has 0 unspecified atom stereocenters. The summed E-state index contributed by atoms with van der Waals surface area (Å²) in [6.45, 7) is 7.07. The van der Waals surface area contributed by atoms with Gasteiger partial charge in [0.05, 0.1) is 0 Å². The minimum atomic E-state index is 0.265. The Labute approximate surface area is 111 Å². The quantitative estimate of drug-likeness (QED) is 0.579. The molecule has 1 aliphatic carbocycles. The van der Waals surface area contributed by atoms with Crippen LogP contribution in [-0.4, -0.2) is 36.5 Å². The molecule has 0 spiro atoms. The van der Waals surface area contributed by atoms with Gasteiger partial charge in [0.2, 0.25) is 5.91 Å². The third-order valence-electron chi connectivity index (χ3n) is 4.29. The van der Waals surface area contributed by atoms with Crippen molar-refractivity contribution in [2.24, 2.45) is 5.92 Å². The van der Waals surface area contributed by atoms with Crippen LogP contribution in [0.25, 0.3) is 0 Å². The van der Waals surface area contributed by atoms with Crippen molar-refractivity contribution in [1.82, 2.24) is 10.2 Å². The lowest BCUT2D eigenvalue weighted by Gasteiger charge is -2.33. The number of carbonyl (C=O) groups is 1. The van der Waals surface area contributed by atoms with Gasteiger partial charge in [-0.1, -0.05) is 6.08 Å². The van der Waals surface area contributed by atoms with Crippen molar-refractivity contribution in [1.29, 1.82) is 0 Å². The van der Waals surface area contributed by atoms with E-state index in [4.69, 9.17) is 0 Å². The molecule has 102 valence electrons. The molecule has 0 aromatic carbocycles. The lowest BCUT2D eigenvalue weighted by atomic mass is 9.90. The number of likely N-dealkylation sites (tertiary alicyclic amines) is 1. The predicted molar refractivity (Wildman–Crippen MR) is 74.4 cm³/mol. The Morgan fingerprint density at radius 2 is 2.00 bits per heavy atom. The highest BCUT2D eigenvalue weighted by Crippen LogP contribution is 2.22. The third kappa shape index (κ3) is 3.84. The van der Waals surface area contributed by atoms with E-state index < -0.39 is 0 Å². The molecule has 0 radical (unpaired) electrons. The maximum Gasteiger partial charge on any atom is 0.223 e. The number of amides is 1. The molecule has 0 aromatic rings. The molecular formula is C15H26N2O. The SMILES string of the molecule is C=CCCCN1CCC(C(=O)NC2CCC2)CC1. The molecule has 3 nitrogen and oxygen atoms in total. The Bertz CT molecular complexity index is 278. The summed E-state index contributed by atoms with van der Waals surface area (Å²) < 4.78 is 0. The average Bonchev–Trinajstić information content (AvgIpc) is 2.35. The predicted octanol–water partition coefficient (Wildman–Crippen LogP) is 2.33. The molecule has 1 saturated heterocycles. The van der Waals surface area contributed by atoms with Crippen LogP contribution in [0.5, 0.6) is 0 Å². The second-order valence-electron chi connectivity index (χ2n) is 5.68. The molecule has 1 amide bonds. The summed E-state index contributed by atoms with van der Waals surface area (Å²) in [4.78, 5) is 14.5. The lowest BCUT2D eigenvalue weighted by molar-refractivity contribution is -0.127. The highest BCUT2D eigenvalue weighted by Gasteiger charge is 2.27. The minimum Gasteiger partial charge on any atom is -0.353 e. The van der Waals surface area contributed by atoms with Crippen LogP contribution < -0.4 is 5.32 Å². The first-order valence-electron chi connectivity index (χ1n) is 7.43. The summed E-state index contributed by atoms with van der Waals surface area (Å²) in [5.41, 5.74) is 0. The summed E-state index contributed by atoms with van der Waals surface area (Å²) in [7, 11) is 0. The van der Waals surface area contributed by atoms with Crippen LogP contribution in [0.15, 0.2) is 12.7 Å². The van der Waals surface area contributed by atoms with Crippen molar-refractivity contribution < 1.29 is 4.79 Å². The molecule has 1 N–H and O–H groups in total. The molecule has 0 bridgehead atoms. The van der Waals surface area contributed by atoms with Gasteiger partial charge in [0.15, 0.2) is 0 Å². The maximum absolute atomic E-state index is 12.0. The summed E-state index contributed by atoms with van der Waals surface area (Å²) in [5.74, 6) is 0.576. The highest BCUT2D eigenvalue weighted by atomic mass is 16.1. The van der Waals surface area contributed by atoms with Crippen molar-refractivity contribution >= 4 is 5.91 Å². The molecule has 18 heavy (non-hydrogen) atoms. The normalized spacial score (nSPS) is 22.4. The van der Waals surface area contributed by atoms with Crippen LogP contribution in [0.3, 0.4) is 0 Å². The zero-order valence-electron chi connectivity index (χ0n) is 11.4. The summed E-state index contributed by atoms with van der Waals surface area (Å²) in [6.07, 6.45) is 10.0. The smallest absolute Gasteiger partial charge is 0.223 e. The van der Waals surface area contributed by atoms with Gasteiger partial charge in [0.25, 0.3) is 0 Å². The van der Waals surface area contributed by atoms with E-state index in [0.29, 0.717) is 11.9 Å². The van der Waals surface area contributed by atoms with Crippen LogP contribution >= 0.6 is 0 Å². The fraction of sp³-hybridized carbons (Fsp3) is 0.800. The van der Waals surface area contributed by atoms with E-state index in [-0.39, 0.29) is 5.92 Å². The Kier molecular flexibility index (Phi) is 5.24. The number of rotatable bonds is 6. The fourth-order valence-electron chi connectivity index (χ4n) is 2.75. The van der Waals surface area contributed by atoms with Gasteiger partial charge < -0.3 is 10.2 Å². The number of hydrogen-bond acceptors (Lipinski definition) is 2. The van der Waals surface area contributed by atoms with Crippen LogP contribution in [0.4, 0.5) is 0 Å². The Morgan fingerprint density at radius 1 is 1.28 bits per heavy atom. The molecule has 2 aliphatic rings. The van der Waals surface area contributed by atoms with Crippen LogP contribution in [0.1, 0.15) is 44.9 Å². The largest absolute Gasteiger partial charge is 0.353 e. The van der Waals surface area contributed by atoms with Crippen molar-refractivity contribution in [2.45, 2.75) is 51.0 Å². The molecule has 2 rings (SSSR count). The molecule has 1 aliphatic heterocycles. The Hall–Kier alpha value is -0.830. The molecule has 0 atom stereocenters.